The quantitative estimate of drug-likeness (QED) is 0.531. The fraction of sp³-hybridized carbons (Fsp3) is 0.0435. The Bertz CT molecular complexity index is 1280. The van der Waals surface area contributed by atoms with Gasteiger partial charge in [-0.2, -0.15) is 0 Å². The highest BCUT2D eigenvalue weighted by Crippen LogP contribution is 2.20. The number of allylic oxidation sites excluding steroid dienone is 1. The van der Waals surface area contributed by atoms with Crippen LogP contribution in [0.4, 0.5) is 10.1 Å². The van der Waals surface area contributed by atoms with Crippen LogP contribution in [-0.4, -0.2) is 15.5 Å². The van der Waals surface area contributed by atoms with Crippen LogP contribution < -0.4 is 10.9 Å². The number of hydrogen-bond donors (Lipinski definition) is 2. The molecule has 2 aromatic carbocycles. The van der Waals surface area contributed by atoms with Gasteiger partial charge in [-0.3, -0.25) is 14.2 Å². The minimum Gasteiger partial charge on any atom is -0.336 e. The van der Waals surface area contributed by atoms with Crippen molar-refractivity contribution in [1.29, 1.82) is 0 Å². The molecule has 0 spiro atoms. The fourth-order valence-electron chi connectivity index (χ4n) is 3.12. The van der Waals surface area contributed by atoms with Gasteiger partial charge in [-0.15, -0.1) is 0 Å². The van der Waals surface area contributed by atoms with Gasteiger partial charge in [0.1, 0.15) is 17.2 Å². The molecule has 0 fully saturated rings. The molecule has 2 N–H and O–H groups in total. The van der Waals surface area contributed by atoms with E-state index in [9.17, 15) is 14.0 Å². The van der Waals surface area contributed by atoms with E-state index in [4.69, 9.17) is 0 Å². The number of hydrogen-bond acceptors (Lipinski definition) is 2. The van der Waals surface area contributed by atoms with Crippen LogP contribution in [0.1, 0.15) is 23.0 Å². The summed E-state index contributed by atoms with van der Waals surface area (Å²) in [6.07, 6.45) is 0. The lowest BCUT2D eigenvalue weighted by Crippen LogP contribution is -2.17. The SMILES string of the molecule is C=C(C)c1ccc(NC(=O)c2cc3ccc(=O)n(-c4ccc(F)cc4)c3[nH]2)cc1. The third-order valence-corrected chi connectivity index (χ3v) is 4.64. The predicted octanol–water partition coefficient (Wildman–Crippen LogP) is 4.74. The summed E-state index contributed by atoms with van der Waals surface area (Å²) in [5, 5.41) is 3.52. The standard InChI is InChI=1S/C23H18FN3O2/c1-14(2)15-3-8-18(9-4-15)25-23(29)20-13-16-5-12-21(28)27(22(16)26-20)19-10-6-17(24)7-11-19/h3-13,26H,1H2,2H3,(H,25,29). The Morgan fingerprint density at radius 2 is 1.72 bits per heavy atom. The number of fused-ring (bicyclic) bond motifs is 1. The van der Waals surface area contributed by atoms with Gasteiger partial charge in [-0.25, -0.2) is 4.39 Å². The van der Waals surface area contributed by atoms with Crippen molar-refractivity contribution in [2.75, 3.05) is 5.32 Å². The molecule has 4 rings (SSSR count). The minimum atomic E-state index is -0.391. The van der Waals surface area contributed by atoms with Gasteiger partial charge in [0.05, 0.1) is 5.69 Å². The summed E-state index contributed by atoms with van der Waals surface area (Å²) in [5.41, 5.74) is 3.58. The zero-order chi connectivity index (χ0) is 20.5. The summed E-state index contributed by atoms with van der Waals surface area (Å²) in [7, 11) is 0. The summed E-state index contributed by atoms with van der Waals surface area (Å²) in [4.78, 5) is 28.1. The van der Waals surface area contributed by atoms with E-state index in [1.807, 2.05) is 19.1 Å². The van der Waals surface area contributed by atoms with Crippen LogP contribution in [0.15, 0.2) is 78.1 Å². The fourth-order valence-corrected chi connectivity index (χ4v) is 3.12. The second-order valence-electron chi connectivity index (χ2n) is 6.78. The summed E-state index contributed by atoms with van der Waals surface area (Å²) in [5.74, 6) is -0.722. The molecule has 0 radical (unpaired) electrons. The lowest BCUT2D eigenvalue weighted by molar-refractivity contribution is 0.102. The van der Waals surface area contributed by atoms with Gasteiger partial charge in [0.15, 0.2) is 0 Å². The molecule has 6 heteroatoms. The largest absolute Gasteiger partial charge is 0.336 e. The maximum absolute atomic E-state index is 13.2. The van der Waals surface area contributed by atoms with Crippen LogP contribution in [0, 0.1) is 5.82 Å². The number of H-pyrrole nitrogens is 1. The van der Waals surface area contributed by atoms with Gasteiger partial charge in [-0.05, 0) is 61.0 Å². The van der Waals surface area contributed by atoms with Crippen molar-refractivity contribution in [3.8, 4) is 5.69 Å². The molecule has 0 aliphatic carbocycles. The molecule has 0 atom stereocenters. The normalized spacial score (nSPS) is 10.8. The Morgan fingerprint density at radius 3 is 2.38 bits per heavy atom. The molecule has 0 saturated heterocycles. The average Bonchev–Trinajstić information content (AvgIpc) is 3.14. The van der Waals surface area contributed by atoms with Gasteiger partial charge in [0, 0.05) is 17.1 Å². The van der Waals surface area contributed by atoms with E-state index in [1.165, 1.54) is 34.9 Å². The number of aromatic nitrogens is 2. The van der Waals surface area contributed by atoms with Gasteiger partial charge in [0.25, 0.3) is 11.5 Å². The summed E-state index contributed by atoms with van der Waals surface area (Å²) >= 11 is 0. The van der Waals surface area contributed by atoms with Crippen LogP contribution in [0.2, 0.25) is 0 Å². The van der Waals surface area contributed by atoms with Crippen molar-refractivity contribution in [2.24, 2.45) is 0 Å². The molecule has 0 bridgehead atoms. The first kappa shape index (κ1) is 18.4. The number of nitrogens with zero attached hydrogens (tertiary/aromatic N) is 1. The van der Waals surface area contributed by atoms with Crippen molar-refractivity contribution in [3.05, 3.63) is 101 Å². The lowest BCUT2D eigenvalue weighted by Gasteiger charge is -2.07. The third kappa shape index (κ3) is 3.60. The van der Waals surface area contributed by atoms with E-state index in [2.05, 4.69) is 16.9 Å². The Labute approximate surface area is 166 Å². The number of anilines is 1. The number of nitrogens with one attached hydrogen (secondary N) is 2. The molecule has 4 aromatic rings. The molecular weight excluding hydrogens is 369 g/mol. The molecule has 29 heavy (non-hydrogen) atoms. The summed E-state index contributed by atoms with van der Waals surface area (Å²) in [6, 6.07) is 17.7. The van der Waals surface area contributed by atoms with Crippen molar-refractivity contribution >= 4 is 28.2 Å². The second kappa shape index (κ2) is 7.24. The first-order valence-electron chi connectivity index (χ1n) is 9.00. The molecule has 2 heterocycles. The Balaban J connectivity index is 1.69. The Kier molecular flexibility index (Phi) is 4.60. The number of carbonyl (C=O) groups excluding carboxylic acids is 1. The van der Waals surface area contributed by atoms with Gasteiger partial charge in [0.2, 0.25) is 0 Å². The minimum absolute atomic E-state index is 0.284. The molecule has 144 valence electrons. The molecule has 1 amide bonds. The van der Waals surface area contributed by atoms with E-state index in [0.717, 1.165) is 11.1 Å². The van der Waals surface area contributed by atoms with Crippen LogP contribution in [-0.2, 0) is 0 Å². The van der Waals surface area contributed by atoms with Gasteiger partial charge >= 0.3 is 0 Å². The third-order valence-electron chi connectivity index (χ3n) is 4.64. The maximum Gasteiger partial charge on any atom is 0.272 e. The topological polar surface area (TPSA) is 66.9 Å². The van der Waals surface area contributed by atoms with Crippen LogP contribution in [0.3, 0.4) is 0 Å². The number of carbonyl (C=O) groups is 1. The Morgan fingerprint density at radius 1 is 1.03 bits per heavy atom. The van der Waals surface area contributed by atoms with Crippen molar-refractivity contribution < 1.29 is 9.18 Å². The predicted molar refractivity (Wildman–Crippen MR) is 113 cm³/mol. The van der Waals surface area contributed by atoms with Crippen molar-refractivity contribution in [2.45, 2.75) is 6.92 Å². The van der Waals surface area contributed by atoms with Gasteiger partial charge < -0.3 is 10.3 Å². The van der Waals surface area contributed by atoms with E-state index in [-0.39, 0.29) is 11.5 Å². The highest BCUT2D eigenvalue weighted by molar-refractivity contribution is 6.05. The first-order chi connectivity index (χ1) is 13.9. The number of pyridine rings is 1. The zero-order valence-electron chi connectivity index (χ0n) is 15.7. The highest BCUT2D eigenvalue weighted by atomic mass is 19.1. The van der Waals surface area contributed by atoms with Crippen molar-refractivity contribution in [3.63, 3.8) is 0 Å². The average molecular weight is 387 g/mol. The molecule has 0 saturated carbocycles. The van der Waals surface area contributed by atoms with Crippen LogP contribution in [0.5, 0.6) is 0 Å². The van der Waals surface area contributed by atoms with E-state index >= 15 is 0 Å². The molecule has 0 unspecified atom stereocenters. The lowest BCUT2D eigenvalue weighted by atomic mass is 10.1. The monoisotopic (exact) mass is 387 g/mol. The zero-order valence-corrected chi connectivity index (χ0v) is 15.7. The van der Waals surface area contributed by atoms with Gasteiger partial charge in [-0.1, -0.05) is 24.3 Å². The van der Waals surface area contributed by atoms with E-state index in [0.29, 0.717) is 28.1 Å². The highest BCUT2D eigenvalue weighted by Gasteiger charge is 2.14. The second-order valence-corrected chi connectivity index (χ2v) is 6.78. The first-order valence-corrected chi connectivity index (χ1v) is 9.00. The van der Waals surface area contributed by atoms with Crippen LogP contribution >= 0.6 is 0 Å². The smallest absolute Gasteiger partial charge is 0.272 e. The molecular formula is C23H18FN3O2. The number of amides is 1. The summed E-state index contributed by atoms with van der Waals surface area (Å²) in [6.45, 7) is 5.81. The molecule has 0 aliphatic rings. The maximum atomic E-state index is 13.2. The van der Waals surface area contributed by atoms with E-state index in [1.54, 1.807) is 24.3 Å². The number of benzene rings is 2. The number of rotatable bonds is 4. The number of halogens is 1. The van der Waals surface area contributed by atoms with Crippen LogP contribution in [0.25, 0.3) is 22.3 Å². The molecule has 0 aliphatic heterocycles. The summed E-state index contributed by atoms with van der Waals surface area (Å²) < 4.78 is 14.7. The Hall–Kier alpha value is -3.93. The number of aromatic amines is 1. The van der Waals surface area contributed by atoms with Crippen molar-refractivity contribution in [1.82, 2.24) is 9.55 Å². The molecule has 5 nitrogen and oxygen atoms in total. The van der Waals surface area contributed by atoms with E-state index < -0.39 is 5.82 Å². The molecule has 2 aromatic heterocycles.